The van der Waals surface area contributed by atoms with E-state index in [2.05, 4.69) is 25.7 Å². The zero-order valence-corrected chi connectivity index (χ0v) is 23.7. The maximum atomic E-state index is 11.7. The summed E-state index contributed by atoms with van der Waals surface area (Å²) in [5.74, 6) is 4.44. The molecule has 6 fully saturated rings. The number of para-hydroxylation sites is 1. The minimum absolute atomic E-state index is 0.0304. The van der Waals surface area contributed by atoms with Gasteiger partial charge < -0.3 is 19.7 Å². The van der Waals surface area contributed by atoms with E-state index in [0.29, 0.717) is 17.8 Å². The first-order valence-electron chi connectivity index (χ1n) is 15.7. The Morgan fingerprint density at radius 1 is 0.947 bits per heavy atom. The third-order valence-electron chi connectivity index (χ3n) is 13.1. The predicted molar refractivity (Wildman–Crippen MR) is 148 cm³/mol. The zero-order valence-electron chi connectivity index (χ0n) is 23.7. The maximum absolute atomic E-state index is 11.7. The van der Waals surface area contributed by atoms with Crippen molar-refractivity contribution >= 4 is 0 Å². The number of benzene rings is 1. The van der Waals surface area contributed by atoms with Crippen molar-refractivity contribution in [3.8, 4) is 5.75 Å². The van der Waals surface area contributed by atoms with Gasteiger partial charge in [0, 0.05) is 24.1 Å². The van der Waals surface area contributed by atoms with Crippen molar-refractivity contribution in [3.05, 3.63) is 30.3 Å². The predicted octanol–water partition coefficient (Wildman–Crippen LogP) is 5.64. The van der Waals surface area contributed by atoms with Crippen LogP contribution in [-0.2, 0) is 4.74 Å². The van der Waals surface area contributed by atoms with Crippen LogP contribution in [0, 0.1) is 40.4 Å². The molecule has 0 spiro atoms. The molecule has 0 aromatic heterocycles. The van der Waals surface area contributed by atoms with E-state index in [1.165, 1.54) is 25.7 Å². The number of aliphatic hydroxyl groups is 2. The average Bonchev–Trinajstić information content (AvgIpc) is 3.71. The van der Waals surface area contributed by atoms with Gasteiger partial charge in [0.25, 0.3) is 0 Å². The van der Waals surface area contributed by atoms with E-state index in [4.69, 9.17) is 9.47 Å². The quantitative estimate of drug-likeness (QED) is 0.535. The lowest BCUT2D eigenvalue weighted by Gasteiger charge is -2.68. The first-order chi connectivity index (χ1) is 18.3. The molecule has 2 N–H and O–H groups in total. The fourth-order valence-electron chi connectivity index (χ4n) is 10.8. The lowest BCUT2D eigenvalue weighted by atomic mass is 9.39. The molecule has 1 unspecified atom stereocenters. The summed E-state index contributed by atoms with van der Waals surface area (Å²) in [6.07, 6.45) is 10.1. The SMILES string of the molecule is C[C@]12CC[C@H]3[C@@H](CC[C@@]4(C)[C@@H](Oc5ccccc5)[C@@H](O)CC[C@]34C)[C@@H]1[C@H]1C[C@H]1CN2C(O)[C@H]1CCCCO1. The van der Waals surface area contributed by atoms with Crippen LogP contribution in [0.15, 0.2) is 30.3 Å². The Hall–Kier alpha value is -1.14. The van der Waals surface area contributed by atoms with E-state index in [-0.39, 0.29) is 28.6 Å². The Bertz CT molecular complexity index is 1010. The maximum Gasteiger partial charge on any atom is 0.134 e. The van der Waals surface area contributed by atoms with Crippen molar-refractivity contribution in [1.82, 2.24) is 4.90 Å². The zero-order chi connectivity index (χ0) is 26.3. The Morgan fingerprint density at radius 3 is 2.50 bits per heavy atom. The molecule has 0 amide bonds. The van der Waals surface area contributed by atoms with E-state index >= 15 is 0 Å². The number of aliphatic hydroxyl groups excluding tert-OH is 2. The van der Waals surface area contributed by atoms with Gasteiger partial charge in [-0.3, -0.25) is 4.90 Å². The van der Waals surface area contributed by atoms with E-state index in [1.54, 1.807) is 0 Å². The molecule has 38 heavy (non-hydrogen) atoms. The molecule has 12 atom stereocenters. The highest BCUT2D eigenvalue weighted by Crippen LogP contribution is 2.71. The Balaban J connectivity index is 1.18. The van der Waals surface area contributed by atoms with Gasteiger partial charge in [-0.05, 0) is 118 Å². The second-order valence-electron chi connectivity index (χ2n) is 14.7. The molecular weight excluding hydrogens is 474 g/mol. The Morgan fingerprint density at radius 2 is 1.74 bits per heavy atom. The minimum Gasteiger partial charge on any atom is -0.487 e. The minimum atomic E-state index is -0.473. The molecule has 1 aromatic rings. The number of ether oxygens (including phenoxy) is 2. The third kappa shape index (κ3) is 3.71. The molecule has 4 aliphatic carbocycles. The molecule has 1 aromatic carbocycles. The summed E-state index contributed by atoms with van der Waals surface area (Å²) in [5, 5.41) is 22.9. The number of rotatable bonds is 4. The summed E-state index contributed by atoms with van der Waals surface area (Å²) in [6, 6.07) is 10.1. The van der Waals surface area contributed by atoms with Crippen molar-refractivity contribution in [2.24, 2.45) is 40.4 Å². The molecule has 4 saturated carbocycles. The molecule has 0 radical (unpaired) electrons. The topological polar surface area (TPSA) is 62.2 Å². The van der Waals surface area contributed by atoms with Gasteiger partial charge in [-0.15, -0.1) is 0 Å². The summed E-state index contributed by atoms with van der Waals surface area (Å²) in [4.78, 5) is 2.53. The van der Waals surface area contributed by atoms with Crippen LogP contribution in [0.2, 0.25) is 0 Å². The largest absolute Gasteiger partial charge is 0.487 e. The van der Waals surface area contributed by atoms with E-state index in [9.17, 15) is 10.2 Å². The summed E-state index contributed by atoms with van der Waals surface area (Å²) >= 11 is 0. The van der Waals surface area contributed by atoms with Crippen LogP contribution in [0.3, 0.4) is 0 Å². The van der Waals surface area contributed by atoms with Crippen LogP contribution < -0.4 is 4.74 Å². The number of piperidine rings is 1. The molecular formula is C33H49NO4. The van der Waals surface area contributed by atoms with Gasteiger partial charge >= 0.3 is 0 Å². The lowest BCUT2D eigenvalue weighted by molar-refractivity contribution is -0.240. The second-order valence-corrected chi connectivity index (χ2v) is 14.7. The van der Waals surface area contributed by atoms with Crippen LogP contribution in [-0.4, -0.2) is 58.3 Å². The van der Waals surface area contributed by atoms with Crippen molar-refractivity contribution in [2.75, 3.05) is 13.2 Å². The molecule has 210 valence electrons. The van der Waals surface area contributed by atoms with Crippen LogP contribution in [0.5, 0.6) is 5.75 Å². The molecule has 7 rings (SSSR count). The van der Waals surface area contributed by atoms with Crippen LogP contribution in [0.25, 0.3) is 0 Å². The molecule has 5 heteroatoms. The highest BCUT2D eigenvalue weighted by molar-refractivity contribution is 5.24. The first kappa shape index (κ1) is 25.8. The molecule has 2 saturated heterocycles. The van der Waals surface area contributed by atoms with Crippen LogP contribution in [0.1, 0.15) is 85.0 Å². The number of likely N-dealkylation sites (tertiary alicyclic amines) is 1. The average molecular weight is 524 g/mol. The summed E-state index contributed by atoms with van der Waals surface area (Å²) in [5.41, 5.74) is 0.146. The van der Waals surface area contributed by atoms with Crippen molar-refractivity contribution in [3.63, 3.8) is 0 Å². The molecule has 2 aliphatic heterocycles. The normalized spacial score (nSPS) is 51.1. The standard InChI is InChI=1S/C33H49NO4/c1-31-16-14-26(35)29(38-22-9-5-4-6-10-22)32(31,2)15-12-23-25(31)13-17-33(3)28(23)24-19-21(24)20-34(33)30(36)27-11-7-8-18-37-27/h4-6,9-10,21,23-30,35-36H,7-8,11-20H2,1-3H3/t21-,23+,24-,25-,26-,27+,28+,29-,30?,31+,32-,33-/m0/s1. The third-order valence-corrected chi connectivity index (χ3v) is 13.1. The smallest absolute Gasteiger partial charge is 0.134 e. The van der Waals surface area contributed by atoms with Gasteiger partial charge in [0.2, 0.25) is 0 Å². The van der Waals surface area contributed by atoms with Crippen molar-refractivity contribution in [1.29, 1.82) is 0 Å². The molecule has 0 bridgehead atoms. The highest BCUT2D eigenvalue weighted by Gasteiger charge is 2.70. The number of fused-ring (bicyclic) bond motifs is 7. The monoisotopic (exact) mass is 523 g/mol. The van der Waals surface area contributed by atoms with E-state index in [0.717, 1.165) is 69.3 Å². The summed E-state index contributed by atoms with van der Waals surface area (Å²) < 4.78 is 12.8. The van der Waals surface area contributed by atoms with Crippen molar-refractivity contribution in [2.45, 2.75) is 115 Å². The van der Waals surface area contributed by atoms with Gasteiger partial charge in [-0.2, -0.15) is 0 Å². The molecule has 5 nitrogen and oxygen atoms in total. The van der Waals surface area contributed by atoms with Crippen LogP contribution >= 0.6 is 0 Å². The fraction of sp³-hybridized carbons (Fsp3) is 0.818. The van der Waals surface area contributed by atoms with Gasteiger partial charge in [0.1, 0.15) is 18.1 Å². The summed E-state index contributed by atoms with van der Waals surface area (Å²) in [6.45, 7) is 9.32. The first-order valence-corrected chi connectivity index (χ1v) is 15.7. The van der Waals surface area contributed by atoms with Crippen LogP contribution in [0.4, 0.5) is 0 Å². The molecule has 2 heterocycles. The number of hydrogen-bond acceptors (Lipinski definition) is 5. The Kier molecular flexibility index (Phi) is 6.24. The van der Waals surface area contributed by atoms with Gasteiger partial charge in [0.05, 0.1) is 12.2 Å². The highest BCUT2D eigenvalue weighted by atomic mass is 16.5. The summed E-state index contributed by atoms with van der Waals surface area (Å²) in [7, 11) is 0. The van der Waals surface area contributed by atoms with Gasteiger partial charge in [-0.25, -0.2) is 0 Å². The number of nitrogens with zero attached hydrogens (tertiary/aromatic N) is 1. The molecule has 6 aliphatic rings. The van der Waals surface area contributed by atoms with Gasteiger partial charge in [0.15, 0.2) is 0 Å². The van der Waals surface area contributed by atoms with Gasteiger partial charge in [-0.1, -0.05) is 32.0 Å². The second kappa shape index (κ2) is 9.19. The fourth-order valence-corrected chi connectivity index (χ4v) is 10.8. The van der Waals surface area contributed by atoms with Crippen molar-refractivity contribution < 1.29 is 19.7 Å². The lowest BCUT2D eigenvalue weighted by Crippen LogP contribution is -2.70. The van der Waals surface area contributed by atoms with E-state index < -0.39 is 12.3 Å². The number of hydrogen-bond donors (Lipinski definition) is 2. The Labute approximate surface area is 229 Å². The van der Waals surface area contributed by atoms with E-state index in [1.807, 2.05) is 30.3 Å².